The van der Waals surface area contributed by atoms with Gasteiger partial charge in [0.2, 0.25) is 0 Å². The molecule has 1 fully saturated rings. The summed E-state index contributed by atoms with van der Waals surface area (Å²) in [5, 5.41) is 3.20. The molecule has 0 amide bonds. The minimum atomic E-state index is -2.59. The first kappa shape index (κ1) is 10.9. The van der Waals surface area contributed by atoms with E-state index in [9.17, 15) is 8.78 Å². The maximum absolute atomic E-state index is 13.0. The lowest BCUT2D eigenvalue weighted by Crippen LogP contribution is -2.45. The molecule has 1 N–H and O–H groups in total. The summed E-state index contributed by atoms with van der Waals surface area (Å²) in [7, 11) is 0. The molecule has 1 unspecified atom stereocenters. The van der Waals surface area contributed by atoms with E-state index in [2.05, 4.69) is 5.32 Å². The monoisotopic (exact) mass is 192 g/mol. The van der Waals surface area contributed by atoms with Crippen LogP contribution in [-0.4, -0.2) is 43.0 Å². The Bertz CT molecular complexity index is 148. The lowest BCUT2D eigenvalue weighted by atomic mass is 10.1. The van der Waals surface area contributed by atoms with Gasteiger partial charge in [-0.1, -0.05) is 0 Å². The highest BCUT2D eigenvalue weighted by Gasteiger charge is 2.34. The number of alkyl halides is 2. The summed E-state index contributed by atoms with van der Waals surface area (Å²) in [6, 6.07) is -0.646. The normalized spacial score (nSPS) is 24.0. The van der Waals surface area contributed by atoms with Gasteiger partial charge in [0, 0.05) is 20.0 Å². The highest BCUT2D eigenvalue weighted by atomic mass is 19.3. The second-order valence-electron chi connectivity index (χ2n) is 3.77. The number of nitrogens with one attached hydrogen (secondary N) is 1. The molecule has 1 saturated heterocycles. The minimum Gasteiger partial charge on any atom is -0.315 e. The van der Waals surface area contributed by atoms with E-state index in [1.165, 1.54) is 0 Å². The number of hydrogen-bond donors (Lipinski definition) is 1. The van der Waals surface area contributed by atoms with Crippen LogP contribution in [-0.2, 0) is 0 Å². The molecule has 13 heavy (non-hydrogen) atoms. The molecule has 1 aliphatic rings. The van der Waals surface area contributed by atoms with Gasteiger partial charge in [0.05, 0.1) is 6.04 Å². The summed E-state index contributed by atoms with van der Waals surface area (Å²) < 4.78 is 25.9. The Morgan fingerprint density at radius 1 is 1.31 bits per heavy atom. The average Bonchev–Trinajstić information content (AvgIpc) is 2.28. The molecule has 0 saturated carbocycles. The summed E-state index contributed by atoms with van der Waals surface area (Å²) in [4.78, 5) is 1.86. The lowest BCUT2D eigenvalue weighted by Gasteiger charge is -2.31. The van der Waals surface area contributed by atoms with Crippen LogP contribution in [0.1, 0.15) is 20.3 Å². The molecule has 78 valence electrons. The third-order valence-electron chi connectivity index (χ3n) is 2.66. The van der Waals surface area contributed by atoms with E-state index in [-0.39, 0.29) is 0 Å². The maximum Gasteiger partial charge on any atom is 0.260 e. The quantitative estimate of drug-likeness (QED) is 0.710. The highest BCUT2D eigenvalue weighted by molar-refractivity contribution is 4.80. The van der Waals surface area contributed by atoms with Gasteiger partial charge in [-0.25, -0.2) is 8.78 Å². The molecule has 0 spiro atoms. The van der Waals surface area contributed by atoms with Crippen LogP contribution >= 0.6 is 0 Å². The largest absolute Gasteiger partial charge is 0.315 e. The van der Waals surface area contributed by atoms with Gasteiger partial charge < -0.3 is 5.32 Å². The lowest BCUT2D eigenvalue weighted by molar-refractivity contribution is -0.0574. The molecule has 1 heterocycles. The smallest absolute Gasteiger partial charge is 0.260 e. The number of nitrogens with zero attached hydrogens (tertiary/aromatic N) is 1. The summed E-state index contributed by atoms with van der Waals surface area (Å²) in [6.45, 7) is 5.86. The first-order valence-corrected chi connectivity index (χ1v) is 4.84. The van der Waals surface area contributed by atoms with Gasteiger partial charge >= 0.3 is 0 Å². The molecule has 1 rings (SSSR count). The predicted molar refractivity (Wildman–Crippen MR) is 49.1 cm³/mol. The molecule has 0 aromatic heterocycles. The van der Waals surface area contributed by atoms with Gasteiger partial charge in [0.25, 0.3) is 5.92 Å². The molecule has 0 aromatic rings. The van der Waals surface area contributed by atoms with Crippen LogP contribution in [0.5, 0.6) is 0 Å². The zero-order valence-electron chi connectivity index (χ0n) is 8.32. The molecular formula is C9H18F2N2. The zero-order chi connectivity index (χ0) is 9.90. The second kappa shape index (κ2) is 4.33. The van der Waals surface area contributed by atoms with Crippen LogP contribution in [0, 0.1) is 0 Å². The molecule has 0 radical (unpaired) electrons. The minimum absolute atomic E-state index is 0.646. The maximum atomic E-state index is 13.0. The van der Waals surface area contributed by atoms with Crippen molar-refractivity contribution in [3.8, 4) is 0 Å². The number of halogens is 2. The topological polar surface area (TPSA) is 15.3 Å². The van der Waals surface area contributed by atoms with Gasteiger partial charge in [-0.2, -0.15) is 0 Å². The molecule has 4 heteroatoms. The Labute approximate surface area is 78.3 Å². The van der Waals surface area contributed by atoms with Gasteiger partial charge in [-0.05, 0) is 26.4 Å². The SMILES string of the molecule is CC(N1CCCNCC1)C(C)(F)F. The molecule has 1 aliphatic heterocycles. The van der Waals surface area contributed by atoms with Gasteiger partial charge in [0.15, 0.2) is 0 Å². The Morgan fingerprint density at radius 3 is 2.62 bits per heavy atom. The van der Waals surface area contributed by atoms with Crippen LogP contribution in [0.3, 0.4) is 0 Å². The molecule has 0 aliphatic carbocycles. The van der Waals surface area contributed by atoms with Crippen molar-refractivity contribution in [1.82, 2.24) is 10.2 Å². The van der Waals surface area contributed by atoms with Crippen molar-refractivity contribution in [3.05, 3.63) is 0 Å². The van der Waals surface area contributed by atoms with Crippen molar-refractivity contribution in [1.29, 1.82) is 0 Å². The fraction of sp³-hybridized carbons (Fsp3) is 1.00. The summed E-state index contributed by atoms with van der Waals surface area (Å²) in [5.74, 6) is -2.59. The van der Waals surface area contributed by atoms with Crippen LogP contribution in [0.2, 0.25) is 0 Å². The molecule has 0 aromatic carbocycles. The molecule has 0 bridgehead atoms. The third kappa shape index (κ3) is 3.19. The molecule has 1 atom stereocenters. The van der Waals surface area contributed by atoms with E-state index in [4.69, 9.17) is 0 Å². The van der Waals surface area contributed by atoms with Crippen LogP contribution in [0.25, 0.3) is 0 Å². The van der Waals surface area contributed by atoms with E-state index >= 15 is 0 Å². The van der Waals surface area contributed by atoms with Gasteiger partial charge in [-0.3, -0.25) is 4.90 Å². The zero-order valence-corrected chi connectivity index (χ0v) is 8.32. The number of rotatable bonds is 2. The van der Waals surface area contributed by atoms with Crippen LogP contribution < -0.4 is 5.32 Å². The standard InChI is InChI=1S/C9H18F2N2/c1-8(9(2,10)11)13-6-3-4-12-5-7-13/h8,12H,3-7H2,1-2H3. The summed E-state index contributed by atoms with van der Waals surface area (Å²) in [6.07, 6.45) is 0.959. The van der Waals surface area contributed by atoms with E-state index in [0.29, 0.717) is 0 Å². The van der Waals surface area contributed by atoms with Crippen molar-refractivity contribution in [2.75, 3.05) is 26.2 Å². The predicted octanol–water partition coefficient (Wildman–Crippen LogP) is 1.33. The average molecular weight is 192 g/mol. The summed E-state index contributed by atoms with van der Waals surface area (Å²) in [5.41, 5.74) is 0. The Morgan fingerprint density at radius 2 is 2.00 bits per heavy atom. The fourth-order valence-electron chi connectivity index (χ4n) is 1.57. The number of hydrogen-bond acceptors (Lipinski definition) is 2. The van der Waals surface area contributed by atoms with E-state index in [1.54, 1.807) is 6.92 Å². The Kier molecular flexibility index (Phi) is 3.62. The van der Waals surface area contributed by atoms with Crippen molar-refractivity contribution < 1.29 is 8.78 Å². The molecular weight excluding hydrogens is 174 g/mol. The van der Waals surface area contributed by atoms with E-state index in [0.717, 1.165) is 39.5 Å². The van der Waals surface area contributed by atoms with Crippen molar-refractivity contribution in [2.45, 2.75) is 32.2 Å². The Hall–Kier alpha value is -0.220. The van der Waals surface area contributed by atoms with Crippen LogP contribution in [0.4, 0.5) is 8.78 Å². The third-order valence-corrected chi connectivity index (χ3v) is 2.66. The first-order chi connectivity index (χ1) is 6.02. The van der Waals surface area contributed by atoms with Crippen molar-refractivity contribution in [3.63, 3.8) is 0 Å². The molecule has 2 nitrogen and oxygen atoms in total. The van der Waals surface area contributed by atoms with E-state index in [1.807, 2.05) is 4.90 Å². The fourth-order valence-corrected chi connectivity index (χ4v) is 1.57. The van der Waals surface area contributed by atoms with Gasteiger partial charge in [-0.15, -0.1) is 0 Å². The van der Waals surface area contributed by atoms with Gasteiger partial charge in [0.1, 0.15) is 0 Å². The van der Waals surface area contributed by atoms with Crippen LogP contribution in [0.15, 0.2) is 0 Å². The van der Waals surface area contributed by atoms with Crippen molar-refractivity contribution >= 4 is 0 Å². The van der Waals surface area contributed by atoms with E-state index < -0.39 is 12.0 Å². The highest BCUT2D eigenvalue weighted by Crippen LogP contribution is 2.22. The second-order valence-corrected chi connectivity index (χ2v) is 3.77. The summed E-state index contributed by atoms with van der Waals surface area (Å²) >= 11 is 0. The van der Waals surface area contributed by atoms with Crippen molar-refractivity contribution in [2.24, 2.45) is 0 Å². The first-order valence-electron chi connectivity index (χ1n) is 4.84. The Balaban J connectivity index is 2.48.